The first-order chi connectivity index (χ1) is 8.10. The van der Waals surface area contributed by atoms with Gasteiger partial charge in [0.05, 0.1) is 6.42 Å². The minimum Gasteiger partial charge on any atom is -0.475 e. The lowest BCUT2D eigenvalue weighted by Crippen LogP contribution is -2.48. The van der Waals surface area contributed by atoms with Gasteiger partial charge in [0.1, 0.15) is 5.78 Å². The lowest BCUT2D eigenvalue weighted by atomic mass is 10.1. The molecule has 18 heavy (non-hydrogen) atoms. The van der Waals surface area contributed by atoms with Crippen molar-refractivity contribution in [1.82, 2.24) is 0 Å². The Bertz CT molecular complexity index is 392. The van der Waals surface area contributed by atoms with Crippen molar-refractivity contribution < 1.29 is 38.9 Å². The summed E-state index contributed by atoms with van der Waals surface area (Å²) in [5, 5.41) is 17.4. The number of ketones is 1. The number of hydrogen-bond donors (Lipinski definition) is 2. The van der Waals surface area contributed by atoms with Gasteiger partial charge >= 0.3 is 23.9 Å². The molecule has 100 valence electrons. The fourth-order valence-corrected chi connectivity index (χ4v) is 0.962. The number of rotatable bonds is 6. The molecule has 0 aliphatic heterocycles. The number of aliphatic carboxylic acids is 1. The van der Waals surface area contributed by atoms with E-state index in [9.17, 15) is 19.2 Å². The van der Waals surface area contributed by atoms with Gasteiger partial charge in [0.15, 0.2) is 0 Å². The van der Waals surface area contributed by atoms with Crippen LogP contribution in [0.3, 0.4) is 0 Å². The highest BCUT2D eigenvalue weighted by molar-refractivity contribution is 5.93. The number of carbonyl (C=O) groups excluding carboxylic acids is 2. The third-order valence-electron chi connectivity index (χ3n) is 1.67. The molecule has 0 aromatic carbocycles. The van der Waals surface area contributed by atoms with Gasteiger partial charge in [-0.05, 0) is 13.8 Å². The Hall–Kier alpha value is -2.38. The van der Waals surface area contributed by atoms with Gasteiger partial charge in [0.2, 0.25) is 0 Å². The molecule has 0 fully saturated rings. The quantitative estimate of drug-likeness (QED) is 0.403. The summed E-state index contributed by atoms with van der Waals surface area (Å²) in [5.74, 6) is -6.71. The summed E-state index contributed by atoms with van der Waals surface area (Å²) >= 11 is 0. The van der Waals surface area contributed by atoms with E-state index in [1.807, 2.05) is 0 Å². The van der Waals surface area contributed by atoms with Crippen molar-refractivity contribution in [3.05, 3.63) is 12.2 Å². The molecule has 1 unspecified atom stereocenters. The molecule has 0 aliphatic carbocycles. The first-order valence-electron chi connectivity index (χ1n) is 4.64. The molecule has 0 spiro atoms. The average molecular weight is 260 g/mol. The average Bonchev–Trinajstić information content (AvgIpc) is 2.14. The Morgan fingerprint density at radius 2 is 1.61 bits per heavy atom. The fraction of sp³-hybridized carbons (Fsp3) is 0.400. The first-order valence-corrected chi connectivity index (χ1v) is 4.64. The van der Waals surface area contributed by atoms with Crippen molar-refractivity contribution in [3.8, 4) is 0 Å². The largest absolute Gasteiger partial charge is 0.509 e. The van der Waals surface area contributed by atoms with Crippen LogP contribution in [0.5, 0.6) is 0 Å². The van der Waals surface area contributed by atoms with Crippen molar-refractivity contribution in [2.45, 2.75) is 26.1 Å². The second-order valence-corrected chi connectivity index (χ2v) is 3.47. The van der Waals surface area contributed by atoms with E-state index in [4.69, 9.17) is 10.2 Å². The van der Waals surface area contributed by atoms with Crippen molar-refractivity contribution in [2.24, 2.45) is 0 Å². The van der Waals surface area contributed by atoms with Crippen LogP contribution in [0.25, 0.3) is 0 Å². The fourth-order valence-electron chi connectivity index (χ4n) is 0.962. The maximum atomic E-state index is 11.3. The molecule has 0 aromatic heterocycles. The number of carbonyl (C=O) groups is 4. The van der Waals surface area contributed by atoms with Crippen LogP contribution >= 0.6 is 0 Å². The molecule has 1 atom stereocenters. The molecule has 8 heteroatoms. The van der Waals surface area contributed by atoms with Crippen LogP contribution in [0.2, 0.25) is 0 Å². The molecule has 0 aromatic rings. The van der Waals surface area contributed by atoms with Gasteiger partial charge in [-0.1, -0.05) is 6.58 Å². The van der Waals surface area contributed by atoms with Gasteiger partial charge in [-0.15, -0.1) is 0 Å². The normalized spacial score (nSPS) is 13.0. The maximum absolute atomic E-state index is 11.3. The van der Waals surface area contributed by atoms with E-state index in [-0.39, 0.29) is 5.57 Å². The third kappa shape index (κ3) is 4.24. The predicted octanol–water partition coefficient (Wildman–Crippen LogP) is 0.560. The monoisotopic (exact) mass is 260 g/mol. The van der Waals surface area contributed by atoms with E-state index in [0.29, 0.717) is 0 Å². The van der Waals surface area contributed by atoms with E-state index >= 15 is 0 Å². The molecule has 8 nitrogen and oxygen atoms in total. The van der Waals surface area contributed by atoms with Crippen LogP contribution in [-0.4, -0.2) is 39.9 Å². The Morgan fingerprint density at radius 3 is 1.89 bits per heavy atom. The van der Waals surface area contributed by atoms with E-state index in [1.165, 1.54) is 6.92 Å². The summed E-state index contributed by atoms with van der Waals surface area (Å²) < 4.78 is 8.46. The predicted molar refractivity (Wildman–Crippen MR) is 55.7 cm³/mol. The lowest BCUT2D eigenvalue weighted by Gasteiger charge is -2.26. The molecule has 0 saturated heterocycles. The highest BCUT2D eigenvalue weighted by Crippen LogP contribution is 2.21. The Labute approximate surface area is 102 Å². The highest BCUT2D eigenvalue weighted by atomic mass is 16.8. The molecule has 0 rings (SSSR count). The standard InChI is InChI=1S/C10H12O8/c1-5(2)7(12)17-10(8(13)14,4-6(3)11)18-9(15)16/h1,4H2,2-3H3,(H,13,14)(H,15,16). The van der Waals surface area contributed by atoms with Crippen LogP contribution in [-0.2, 0) is 23.9 Å². The lowest BCUT2D eigenvalue weighted by molar-refractivity contribution is -0.224. The van der Waals surface area contributed by atoms with Crippen molar-refractivity contribution in [1.29, 1.82) is 0 Å². The van der Waals surface area contributed by atoms with Crippen LogP contribution in [0.4, 0.5) is 4.79 Å². The summed E-state index contributed by atoms with van der Waals surface area (Å²) in [5.41, 5.74) is -0.168. The smallest absolute Gasteiger partial charge is 0.475 e. The second kappa shape index (κ2) is 5.80. The van der Waals surface area contributed by atoms with Gasteiger partial charge in [0, 0.05) is 5.57 Å². The van der Waals surface area contributed by atoms with E-state index in [0.717, 1.165) is 6.92 Å². The molecule has 0 saturated carbocycles. The first kappa shape index (κ1) is 15.6. The second-order valence-electron chi connectivity index (χ2n) is 3.47. The Kier molecular flexibility index (Phi) is 5.03. The maximum Gasteiger partial charge on any atom is 0.509 e. The zero-order valence-electron chi connectivity index (χ0n) is 9.76. The minimum absolute atomic E-state index is 0.168. The number of esters is 1. The molecule has 0 bridgehead atoms. The van der Waals surface area contributed by atoms with E-state index < -0.39 is 36.1 Å². The van der Waals surface area contributed by atoms with Gasteiger partial charge in [0.25, 0.3) is 0 Å². The van der Waals surface area contributed by atoms with Crippen LogP contribution in [0.1, 0.15) is 20.3 Å². The van der Waals surface area contributed by atoms with Crippen molar-refractivity contribution >= 4 is 23.9 Å². The minimum atomic E-state index is -2.90. The van der Waals surface area contributed by atoms with Crippen LogP contribution in [0, 0.1) is 0 Å². The third-order valence-corrected chi connectivity index (χ3v) is 1.67. The van der Waals surface area contributed by atoms with Gasteiger partial charge < -0.3 is 19.7 Å². The number of Topliss-reactive ketones (excluding diaryl/α,β-unsaturated/α-hetero) is 1. The van der Waals surface area contributed by atoms with Gasteiger partial charge in [-0.2, -0.15) is 0 Å². The van der Waals surface area contributed by atoms with Gasteiger partial charge in [-0.25, -0.2) is 14.4 Å². The molecule has 2 N–H and O–H groups in total. The number of hydrogen-bond acceptors (Lipinski definition) is 6. The van der Waals surface area contributed by atoms with Crippen LogP contribution < -0.4 is 0 Å². The molecule has 0 aliphatic rings. The number of carboxylic acids is 1. The highest BCUT2D eigenvalue weighted by Gasteiger charge is 2.48. The Balaban J connectivity index is 5.38. The summed E-state index contributed by atoms with van der Waals surface area (Å²) in [6.45, 7) is 5.42. The molecular formula is C10H12O8. The molecule has 0 heterocycles. The van der Waals surface area contributed by atoms with E-state index in [1.54, 1.807) is 0 Å². The molecular weight excluding hydrogens is 248 g/mol. The summed E-state index contributed by atoms with van der Waals surface area (Å²) in [6.07, 6.45) is -2.93. The van der Waals surface area contributed by atoms with Crippen molar-refractivity contribution in [3.63, 3.8) is 0 Å². The topological polar surface area (TPSA) is 127 Å². The molecule has 0 amide bonds. The zero-order valence-corrected chi connectivity index (χ0v) is 9.76. The van der Waals surface area contributed by atoms with Crippen molar-refractivity contribution in [2.75, 3.05) is 0 Å². The summed E-state index contributed by atoms with van der Waals surface area (Å²) in [6, 6.07) is 0. The Morgan fingerprint density at radius 1 is 1.11 bits per heavy atom. The van der Waals surface area contributed by atoms with E-state index in [2.05, 4.69) is 16.1 Å². The SMILES string of the molecule is C=C(C)C(=O)OC(CC(C)=O)(OC(=O)O)C(=O)O. The zero-order chi connectivity index (χ0) is 14.5. The number of ether oxygens (including phenoxy) is 2. The van der Waals surface area contributed by atoms with Gasteiger partial charge in [-0.3, -0.25) is 4.79 Å². The van der Waals surface area contributed by atoms with Crippen LogP contribution in [0.15, 0.2) is 12.2 Å². The molecule has 0 radical (unpaired) electrons. The summed E-state index contributed by atoms with van der Waals surface area (Å²) in [4.78, 5) is 43.6. The summed E-state index contributed by atoms with van der Waals surface area (Å²) in [7, 11) is 0. The number of carboxylic acid groups (broad SMARTS) is 2.